The first kappa shape index (κ1) is 20.3. The molecule has 0 spiro atoms. The van der Waals surface area contributed by atoms with Crippen LogP contribution >= 0.6 is 15.9 Å². The third kappa shape index (κ3) is 5.49. The summed E-state index contributed by atoms with van der Waals surface area (Å²) in [6, 6.07) is 11.3. The van der Waals surface area contributed by atoms with Gasteiger partial charge in [0, 0.05) is 10.2 Å². The van der Waals surface area contributed by atoms with Crippen molar-refractivity contribution in [3.05, 3.63) is 52.0 Å². The van der Waals surface area contributed by atoms with Gasteiger partial charge in [0.05, 0.1) is 6.10 Å². The smallest absolute Gasteiger partial charge is 0.265 e. The summed E-state index contributed by atoms with van der Waals surface area (Å²) in [5.41, 5.74) is 2.69. The summed E-state index contributed by atoms with van der Waals surface area (Å²) in [5, 5.41) is 2.88. The van der Waals surface area contributed by atoms with Crippen molar-refractivity contribution in [1.29, 1.82) is 0 Å². The molecule has 0 saturated carbocycles. The summed E-state index contributed by atoms with van der Waals surface area (Å²) < 4.78 is 12.6. The Labute approximate surface area is 164 Å². The van der Waals surface area contributed by atoms with Gasteiger partial charge in [0.15, 0.2) is 6.10 Å². The van der Waals surface area contributed by atoms with Crippen molar-refractivity contribution in [2.45, 2.75) is 53.2 Å². The van der Waals surface area contributed by atoms with Crippen molar-refractivity contribution in [1.82, 2.24) is 0 Å². The Kier molecular flexibility index (Phi) is 7.09. The van der Waals surface area contributed by atoms with Crippen LogP contribution in [0.15, 0.2) is 40.9 Å². The molecule has 0 bridgehead atoms. The van der Waals surface area contributed by atoms with E-state index in [0.29, 0.717) is 5.69 Å². The third-order valence-electron chi connectivity index (χ3n) is 4.12. The van der Waals surface area contributed by atoms with Crippen molar-refractivity contribution in [3.63, 3.8) is 0 Å². The van der Waals surface area contributed by atoms with Gasteiger partial charge >= 0.3 is 0 Å². The molecule has 140 valence electrons. The highest BCUT2D eigenvalue weighted by Gasteiger charge is 2.17. The van der Waals surface area contributed by atoms with Crippen LogP contribution in [0.1, 0.15) is 38.3 Å². The van der Waals surface area contributed by atoms with Crippen LogP contribution in [-0.4, -0.2) is 18.1 Å². The first-order valence-electron chi connectivity index (χ1n) is 8.81. The van der Waals surface area contributed by atoms with Crippen LogP contribution in [0, 0.1) is 13.8 Å². The first-order valence-corrected chi connectivity index (χ1v) is 9.60. The fraction of sp³-hybridized carbons (Fsp3) is 0.381. The predicted octanol–water partition coefficient (Wildman–Crippen LogP) is 5.65. The van der Waals surface area contributed by atoms with Crippen LogP contribution in [0.25, 0.3) is 0 Å². The molecule has 26 heavy (non-hydrogen) atoms. The number of hydrogen-bond donors (Lipinski definition) is 1. The van der Waals surface area contributed by atoms with Gasteiger partial charge in [-0.3, -0.25) is 4.79 Å². The molecule has 1 amide bonds. The summed E-state index contributed by atoms with van der Waals surface area (Å²) in [7, 11) is 0. The lowest BCUT2D eigenvalue weighted by molar-refractivity contribution is -0.122. The lowest BCUT2D eigenvalue weighted by Crippen LogP contribution is -2.30. The molecule has 0 heterocycles. The molecule has 2 atom stereocenters. The summed E-state index contributed by atoms with van der Waals surface area (Å²) in [5.74, 6) is 1.35. The Morgan fingerprint density at radius 3 is 2.19 bits per heavy atom. The highest BCUT2D eigenvalue weighted by molar-refractivity contribution is 9.10. The topological polar surface area (TPSA) is 47.6 Å². The minimum atomic E-state index is -0.607. The Balaban J connectivity index is 1.99. The van der Waals surface area contributed by atoms with Crippen LogP contribution in [0.4, 0.5) is 5.69 Å². The van der Waals surface area contributed by atoms with E-state index in [-0.39, 0.29) is 12.0 Å². The minimum absolute atomic E-state index is 0.168. The second-order valence-corrected chi connectivity index (χ2v) is 7.39. The molecule has 0 saturated heterocycles. The second kappa shape index (κ2) is 9.08. The molecule has 5 heteroatoms. The number of amides is 1. The minimum Gasteiger partial charge on any atom is -0.491 e. The van der Waals surface area contributed by atoms with Gasteiger partial charge in [-0.2, -0.15) is 0 Å². The van der Waals surface area contributed by atoms with E-state index in [1.54, 1.807) is 6.92 Å². The molecule has 0 aliphatic heterocycles. The van der Waals surface area contributed by atoms with Crippen molar-refractivity contribution < 1.29 is 14.3 Å². The lowest BCUT2D eigenvalue weighted by atomic mass is 10.1. The molecule has 4 nitrogen and oxygen atoms in total. The lowest BCUT2D eigenvalue weighted by Gasteiger charge is -2.18. The van der Waals surface area contributed by atoms with E-state index >= 15 is 0 Å². The van der Waals surface area contributed by atoms with Crippen molar-refractivity contribution in [3.8, 4) is 11.5 Å². The zero-order valence-corrected chi connectivity index (χ0v) is 17.5. The number of benzene rings is 2. The van der Waals surface area contributed by atoms with Gasteiger partial charge in [0.2, 0.25) is 0 Å². The average Bonchev–Trinajstić information content (AvgIpc) is 2.59. The molecule has 0 aromatic heterocycles. The SMILES string of the molecule is CCC(C)Oc1ccc(NC(=O)C(C)Oc2c(C)cc(Br)cc2C)cc1. The molecular formula is C21H26BrNO3. The molecule has 0 radical (unpaired) electrons. The monoisotopic (exact) mass is 419 g/mol. The standard InChI is InChI=1S/C21H26BrNO3/c1-6-15(4)25-19-9-7-18(8-10-19)23-21(24)16(5)26-20-13(2)11-17(22)12-14(20)3/h7-12,15-16H,6H2,1-5H3,(H,23,24). The van der Waals surface area contributed by atoms with Gasteiger partial charge in [-0.1, -0.05) is 22.9 Å². The molecule has 2 aromatic rings. The number of anilines is 1. The number of carbonyl (C=O) groups is 1. The molecule has 1 N–H and O–H groups in total. The second-order valence-electron chi connectivity index (χ2n) is 6.48. The number of ether oxygens (including phenoxy) is 2. The summed E-state index contributed by atoms with van der Waals surface area (Å²) in [6.45, 7) is 9.79. The molecule has 2 rings (SSSR count). The largest absolute Gasteiger partial charge is 0.491 e. The van der Waals surface area contributed by atoms with Gasteiger partial charge in [-0.25, -0.2) is 0 Å². The van der Waals surface area contributed by atoms with E-state index in [1.807, 2.05) is 57.2 Å². The summed E-state index contributed by atoms with van der Waals surface area (Å²) >= 11 is 3.47. The summed E-state index contributed by atoms with van der Waals surface area (Å²) in [4.78, 5) is 12.4. The van der Waals surface area contributed by atoms with Crippen molar-refractivity contribution in [2.24, 2.45) is 0 Å². The van der Waals surface area contributed by atoms with Gasteiger partial charge in [-0.05, 0) is 81.6 Å². The van der Waals surface area contributed by atoms with Crippen molar-refractivity contribution >= 4 is 27.5 Å². The van der Waals surface area contributed by atoms with Crippen LogP contribution < -0.4 is 14.8 Å². The van der Waals surface area contributed by atoms with Gasteiger partial charge in [0.25, 0.3) is 5.91 Å². The Bertz CT molecular complexity index is 735. The van der Waals surface area contributed by atoms with Crippen LogP contribution in [0.2, 0.25) is 0 Å². The van der Waals surface area contributed by atoms with Crippen LogP contribution in [0.5, 0.6) is 11.5 Å². The predicted molar refractivity (Wildman–Crippen MR) is 109 cm³/mol. The maximum Gasteiger partial charge on any atom is 0.265 e. The zero-order valence-electron chi connectivity index (χ0n) is 15.9. The molecule has 0 fully saturated rings. The summed E-state index contributed by atoms with van der Waals surface area (Å²) in [6.07, 6.45) is 0.508. The van der Waals surface area contributed by atoms with E-state index in [9.17, 15) is 4.79 Å². The van der Waals surface area contributed by atoms with Gasteiger partial charge < -0.3 is 14.8 Å². The van der Waals surface area contributed by atoms with Gasteiger partial charge in [0.1, 0.15) is 11.5 Å². The van der Waals surface area contributed by atoms with E-state index in [4.69, 9.17) is 9.47 Å². The van der Waals surface area contributed by atoms with E-state index < -0.39 is 6.10 Å². The molecule has 0 aliphatic carbocycles. The zero-order chi connectivity index (χ0) is 19.3. The molecule has 2 unspecified atom stereocenters. The fourth-order valence-corrected chi connectivity index (χ4v) is 3.18. The van der Waals surface area contributed by atoms with E-state index in [1.165, 1.54) is 0 Å². The van der Waals surface area contributed by atoms with Crippen LogP contribution in [0.3, 0.4) is 0 Å². The Hall–Kier alpha value is -2.01. The number of carbonyl (C=O) groups excluding carboxylic acids is 1. The van der Waals surface area contributed by atoms with E-state index in [2.05, 4.69) is 28.2 Å². The maximum atomic E-state index is 12.4. The molecular weight excluding hydrogens is 394 g/mol. The molecule has 0 aliphatic rings. The van der Waals surface area contributed by atoms with Crippen molar-refractivity contribution in [2.75, 3.05) is 5.32 Å². The van der Waals surface area contributed by atoms with E-state index in [0.717, 1.165) is 33.5 Å². The number of nitrogens with one attached hydrogen (secondary N) is 1. The number of rotatable bonds is 7. The highest BCUT2D eigenvalue weighted by Crippen LogP contribution is 2.28. The highest BCUT2D eigenvalue weighted by atomic mass is 79.9. The molecule has 2 aromatic carbocycles. The third-order valence-corrected chi connectivity index (χ3v) is 4.58. The normalized spacial score (nSPS) is 13.0. The van der Waals surface area contributed by atoms with Gasteiger partial charge in [-0.15, -0.1) is 0 Å². The first-order chi connectivity index (χ1) is 12.3. The number of halogens is 1. The average molecular weight is 420 g/mol. The number of hydrogen-bond acceptors (Lipinski definition) is 3. The quantitative estimate of drug-likeness (QED) is 0.630. The Morgan fingerprint density at radius 1 is 1.08 bits per heavy atom. The maximum absolute atomic E-state index is 12.4. The fourth-order valence-electron chi connectivity index (χ4n) is 2.49. The number of aryl methyl sites for hydroxylation is 2. The Morgan fingerprint density at radius 2 is 1.65 bits per heavy atom. The van der Waals surface area contributed by atoms with Crippen LogP contribution in [-0.2, 0) is 4.79 Å².